The van der Waals surface area contributed by atoms with Crippen LogP contribution in [0.4, 0.5) is 23.0 Å². The molecule has 0 aliphatic heterocycles. The summed E-state index contributed by atoms with van der Waals surface area (Å²) in [5, 5.41) is 12.3. The fraction of sp³-hybridized carbons (Fsp3) is 0. The van der Waals surface area contributed by atoms with Gasteiger partial charge in [-0.2, -0.15) is 8.42 Å². The first kappa shape index (κ1) is 17.3. The van der Waals surface area contributed by atoms with Gasteiger partial charge in [-0.05, 0) is 35.7 Å². The molecule has 2 aromatic carbocycles. The molecule has 0 bridgehead atoms. The Hall–Kier alpha value is -3.10. The van der Waals surface area contributed by atoms with Crippen LogP contribution in [0.5, 0.6) is 0 Å². The third-order valence-electron chi connectivity index (χ3n) is 3.75. The minimum atomic E-state index is -3.80. The standard InChI is InChI=1S/C19H16N4O2S2/c24-27(25,19-12-7-13-26-19)23-18(21-16-10-5-2-6-11-16)14-17(22-23)20-15-8-3-1-4-9-15/h1-14,21H,(H,20,22). The number of aromatic nitrogens is 2. The second kappa shape index (κ2) is 7.26. The summed E-state index contributed by atoms with van der Waals surface area (Å²) in [5.41, 5.74) is 1.59. The molecule has 0 fully saturated rings. The molecule has 0 aliphatic carbocycles. The van der Waals surface area contributed by atoms with Crippen LogP contribution in [0, 0.1) is 0 Å². The maximum absolute atomic E-state index is 13.0. The van der Waals surface area contributed by atoms with E-state index in [2.05, 4.69) is 15.7 Å². The molecule has 0 saturated carbocycles. The lowest BCUT2D eigenvalue weighted by molar-refractivity contribution is 0.583. The second-order valence-corrected chi connectivity index (χ2v) is 8.62. The highest BCUT2D eigenvalue weighted by molar-refractivity contribution is 7.92. The number of benzene rings is 2. The Morgan fingerprint density at radius 1 is 0.815 bits per heavy atom. The van der Waals surface area contributed by atoms with E-state index in [1.807, 2.05) is 60.7 Å². The van der Waals surface area contributed by atoms with Crippen molar-refractivity contribution in [3.05, 3.63) is 84.2 Å². The lowest BCUT2D eigenvalue weighted by Gasteiger charge is -2.09. The van der Waals surface area contributed by atoms with Crippen LogP contribution in [0.3, 0.4) is 0 Å². The maximum Gasteiger partial charge on any atom is 0.294 e. The Morgan fingerprint density at radius 3 is 2.04 bits per heavy atom. The fourth-order valence-corrected chi connectivity index (χ4v) is 4.81. The highest BCUT2D eigenvalue weighted by Gasteiger charge is 2.24. The number of thiophene rings is 1. The van der Waals surface area contributed by atoms with Crippen molar-refractivity contribution in [2.24, 2.45) is 0 Å². The molecule has 0 saturated heterocycles. The number of anilines is 4. The molecule has 0 amide bonds. The van der Waals surface area contributed by atoms with Gasteiger partial charge in [0.15, 0.2) is 5.82 Å². The Labute approximate surface area is 161 Å². The number of hydrogen-bond donors (Lipinski definition) is 2. The van der Waals surface area contributed by atoms with Crippen LogP contribution in [-0.2, 0) is 10.0 Å². The van der Waals surface area contributed by atoms with E-state index in [1.54, 1.807) is 23.6 Å². The molecule has 0 unspecified atom stereocenters. The van der Waals surface area contributed by atoms with Gasteiger partial charge in [0.2, 0.25) is 0 Å². The van der Waals surface area contributed by atoms with E-state index in [4.69, 9.17) is 0 Å². The predicted octanol–water partition coefficient (Wildman–Crippen LogP) is 4.67. The number of para-hydroxylation sites is 2. The summed E-state index contributed by atoms with van der Waals surface area (Å²) in [4.78, 5) is 0. The molecule has 2 aromatic heterocycles. The van der Waals surface area contributed by atoms with Crippen molar-refractivity contribution in [2.75, 3.05) is 10.6 Å². The molecule has 0 radical (unpaired) electrons. The average molecular weight is 396 g/mol. The van der Waals surface area contributed by atoms with Gasteiger partial charge in [-0.15, -0.1) is 20.5 Å². The summed E-state index contributed by atoms with van der Waals surface area (Å²) in [6, 6.07) is 23.8. The summed E-state index contributed by atoms with van der Waals surface area (Å²) in [6.07, 6.45) is 0. The van der Waals surface area contributed by atoms with Crippen LogP contribution in [0.15, 0.2) is 88.5 Å². The number of nitrogens with zero attached hydrogens (tertiary/aromatic N) is 2. The van der Waals surface area contributed by atoms with E-state index in [9.17, 15) is 8.42 Å². The van der Waals surface area contributed by atoms with Crippen LogP contribution < -0.4 is 10.6 Å². The third-order valence-corrected chi connectivity index (χ3v) is 6.71. The molecule has 0 aliphatic rings. The van der Waals surface area contributed by atoms with Crippen LogP contribution in [0.1, 0.15) is 0 Å². The van der Waals surface area contributed by atoms with Gasteiger partial charge in [0.05, 0.1) is 0 Å². The monoisotopic (exact) mass is 396 g/mol. The summed E-state index contributed by atoms with van der Waals surface area (Å²) in [5.74, 6) is 0.785. The smallest absolute Gasteiger partial charge is 0.294 e. The molecule has 0 atom stereocenters. The highest BCUT2D eigenvalue weighted by atomic mass is 32.2. The molecule has 136 valence electrons. The van der Waals surface area contributed by atoms with Gasteiger partial charge in [-0.3, -0.25) is 0 Å². The van der Waals surface area contributed by atoms with Crippen molar-refractivity contribution in [1.29, 1.82) is 0 Å². The molecule has 2 N–H and O–H groups in total. The first-order chi connectivity index (χ1) is 13.1. The molecule has 4 rings (SSSR count). The van der Waals surface area contributed by atoms with Gasteiger partial charge >= 0.3 is 0 Å². The second-order valence-electron chi connectivity index (χ2n) is 5.68. The molecule has 4 aromatic rings. The Balaban J connectivity index is 1.75. The fourth-order valence-electron chi connectivity index (χ4n) is 2.53. The minimum absolute atomic E-state index is 0.230. The molecular formula is C19H16N4O2S2. The van der Waals surface area contributed by atoms with Crippen molar-refractivity contribution < 1.29 is 8.42 Å². The van der Waals surface area contributed by atoms with Crippen molar-refractivity contribution >= 4 is 44.4 Å². The lowest BCUT2D eigenvalue weighted by Crippen LogP contribution is -2.15. The largest absolute Gasteiger partial charge is 0.339 e. The minimum Gasteiger partial charge on any atom is -0.339 e. The Morgan fingerprint density at radius 2 is 1.44 bits per heavy atom. The van der Waals surface area contributed by atoms with E-state index in [1.165, 1.54) is 0 Å². The summed E-state index contributed by atoms with van der Waals surface area (Å²) < 4.78 is 27.3. The molecule has 8 heteroatoms. The predicted molar refractivity (Wildman–Crippen MR) is 109 cm³/mol. The molecule has 0 spiro atoms. The van der Waals surface area contributed by atoms with Crippen LogP contribution in [0.25, 0.3) is 0 Å². The van der Waals surface area contributed by atoms with Crippen molar-refractivity contribution in [3.8, 4) is 0 Å². The van der Waals surface area contributed by atoms with Crippen LogP contribution >= 0.6 is 11.3 Å². The van der Waals surface area contributed by atoms with E-state index >= 15 is 0 Å². The normalized spacial score (nSPS) is 11.3. The first-order valence-electron chi connectivity index (χ1n) is 8.16. The molecule has 6 nitrogen and oxygen atoms in total. The van der Waals surface area contributed by atoms with Crippen molar-refractivity contribution in [2.45, 2.75) is 4.21 Å². The Kier molecular flexibility index (Phi) is 4.66. The summed E-state index contributed by atoms with van der Waals surface area (Å²) in [7, 11) is -3.80. The van der Waals surface area contributed by atoms with E-state index in [-0.39, 0.29) is 4.21 Å². The summed E-state index contributed by atoms with van der Waals surface area (Å²) >= 11 is 1.16. The quantitative estimate of drug-likeness (QED) is 0.495. The summed E-state index contributed by atoms with van der Waals surface area (Å²) in [6.45, 7) is 0. The topological polar surface area (TPSA) is 76.0 Å². The van der Waals surface area contributed by atoms with Gasteiger partial charge in [0.1, 0.15) is 10.0 Å². The van der Waals surface area contributed by atoms with Gasteiger partial charge in [-0.25, -0.2) is 0 Å². The number of nitrogens with one attached hydrogen (secondary N) is 2. The highest BCUT2D eigenvalue weighted by Crippen LogP contribution is 2.28. The SMILES string of the molecule is O=S(=O)(c1cccs1)n1nc(Nc2ccccc2)cc1Nc1ccccc1. The lowest BCUT2D eigenvalue weighted by atomic mass is 10.3. The van der Waals surface area contributed by atoms with E-state index in [0.717, 1.165) is 26.8 Å². The van der Waals surface area contributed by atoms with E-state index < -0.39 is 10.0 Å². The zero-order chi connectivity index (χ0) is 18.7. The number of rotatable bonds is 6. The number of hydrogen-bond acceptors (Lipinski definition) is 6. The third kappa shape index (κ3) is 3.71. The van der Waals surface area contributed by atoms with E-state index in [0.29, 0.717) is 11.6 Å². The Bertz CT molecular complexity index is 1120. The molecule has 2 heterocycles. The van der Waals surface area contributed by atoms with Crippen molar-refractivity contribution in [3.63, 3.8) is 0 Å². The van der Waals surface area contributed by atoms with Crippen LogP contribution in [0.2, 0.25) is 0 Å². The average Bonchev–Trinajstić information content (AvgIpc) is 3.34. The van der Waals surface area contributed by atoms with Crippen molar-refractivity contribution in [1.82, 2.24) is 9.19 Å². The molecule has 27 heavy (non-hydrogen) atoms. The molecular weight excluding hydrogens is 380 g/mol. The van der Waals surface area contributed by atoms with Gasteiger partial charge < -0.3 is 10.6 Å². The zero-order valence-electron chi connectivity index (χ0n) is 14.1. The first-order valence-corrected chi connectivity index (χ1v) is 10.5. The zero-order valence-corrected chi connectivity index (χ0v) is 15.7. The van der Waals surface area contributed by atoms with Gasteiger partial charge in [0, 0.05) is 17.4 Å². The van der Waals surface area contributed by atoms with Gasteiger partial charge in [-0.1, -0.05) is 42.5 Å². The maximum atomic E-state index is 13.0. The van der Waals surface area contributed by atoms with Gasteiger partial charge in [0.25, 0.3) is 10.0 Å². The van der Waals surface area contributed by atoms with Crippen LogP contribution in [-0.4, -0.2) is 17.6 Å².